The predicted octanol–water partition coefficient (Wildman–Crippen LogP) is 3.47. The van der Waals surface area contributed by atoms with Gasteiger partial charge in [0.05, 0.1) is 5.56 Å². The number of halogens is 3. The predicted molar refractivity (Wildman–Crippen MR) is 94.0 cm³/mol. The second-order valence-corrected chi connectivity index (χ2v) is 7.04. The first kappa shape index (κ1) is 18.5. The van der Waals surface area contributed by atoms with Crippen molar-refractivity contribution < 1.29 is 22.8 Å². The molecule has 148 valence electrons. The first-order valence-corrected chi connectivity index (χ1v) is 9.07. The van der Waals surface area contributed by atoms with E-state index in [4.69, 9.17) is 0 Å². The van der Waals surface area contributed by atoms with Gasteiger partial charge in [0.15, 0.2) is 0 Å². The number of nitrogens with zero attached hydrogens (tertiary/aromatic N) is 3. The van der Waals surface area contributed by atoms with E-state index >= 15 is 0 Å². The highest BCUT2D eigenvalue weighted by Crippen LogP contribution is 2.35. The molecule has 0 unspecified atom stereocenters. The van der Waals surface area contributed by atoms with Crippen molar-refractivity contribution >= 4 is 23.5 Å². The maximum atomic E-state index is 13.3. The molecule has 4 rings (SSSR count). The van der Waals surface area contributed by atoms with E-state index in [1.807, 2.05) is 0 Å². The Kier molecular flexibility index (Phi) is 4.56. The maximum absolute atomic E-state index is 13.3. The molecule has 0 bridgehead atoms. The molecule has 1 aromatic carbocycles. The van der Waals surface area contributed by atoms with Gasteiger partial charge >= 0.3 is 6.18 Å². The highest BCUT2D eigenvalue weighted by atomic mass is 19.4. The second kappa shape index (κ2) is 6.92. The number of alkyl halides is 3. The molecule has 0 atom stereocenters. The molecule has 1 aromatic heterocycles. The maximum Gasteiger partial charge on any atom is 0.416 e. The fraction of sp³-hybridized carbons (Fsp3) is 0.444. The summed E-state index contributed by atoms with van der Waals surface area (Å²) in [6, 6.07) is 2.94. The molecule has 28 heavy (non-hydrogen) atoms. The fourth-order valence-corrected chi connectivity index (χ4v) is 3.35. The van der Waals surface area contributed by atoms with E-state index in [0.29, 0.717) is 18.8 Å². The van der Waals surface area contributed by atoms with Crippen molar-refractivity contribution in [2.45, 2.75) is 44.2 Å². The first-order valence-electron chi connectivity index (χ1n) is 9.07. The van der Waals surface area contributed by atoms with Gasteiger partial charge in [-0.05, 0) is 37.5 Å². The summed E-state index contributed by atoms with van der Waals surface area (Å²) in [5, 5.41) is 9.09. The number of nitrogens with one attached hydrogen (secondary N) is 2. The van der Waals surface area contributed by atoms with Gasteiger partial charge < -0.3 is 4.90 Å². The summed E-state index contributed by atoms with van der Waals surface area (Å²) in [5.74, 6) is -0.0699. The van der Waals surface area contributed by atoms with Crippen LogP contribution in [-0.4, -0.2) is 33.5 Å². The van der Waals surface area contributed by atoms with Crippen molar-refractivity contribution in [3.8, 4) is 0 Å². The van der Waals surface area contributed by atoms with Crippen LogP contribution in [-0.2, 0) is 11.0 Å². The van der Waals surface area contributed by atoms with E-state index in [0.717, 1.165) is 31.4 Å². The Bertz CT molecular complexity index is 920. The molecule has 1 aliphatic carbocycles. The summed E-state index contributed by atoms with van der Waals surface area (Å²) in [6.07, 6.45) is -0.714. The number of carbonyl (C=O) groups is 2. The van der Waals surface area contributed by atoms with E-state index in [-0.39, 0.29) is 35.4 Å². The smallest absolute Gasteiger partial charge is 0.312 e. The lowest BCUT2D eigenvalue weighted by Crippen LogP contribution is -2.25. The number of amides is 2. The zero-order valence-corrected chi connectivity index (χ0v) is 14.8. The monoisotopic (exact) mass is 393 g/mol. The van der Waals surface area contributed by atoms with E-state index in [2.05, 4.69) is 20.5 Å². The number of rotatable bonds is 4. The Morgan fingerprint density at radius 3 is 2.61 bits per heavy atom. The summed E-state index contributed by atoms with van der Waals surface area (Å²) < 4.78 is 39.9. The number of H-pyrrole nitrogens is 1. The van der Waals surface area contributed by atoms with Gasteiger partial charge in [-0.1, -0.05) is 6.42 Å². The number of benzene rings is 1. The molecule has 2 N–H and O–H groups in total. The summed E-state index contributed by atoms with van der Waals surface area (Å²) >= 11 is 0. The van der Waals surface area contributed by atoms with E-state index < -0.39 is 17.6 Å². The third kappa shape index (κ3) is 3.58. The number of anilines is 2. The quantitative estimate of drug-likeness (QED) is 0.832. The Labute approximate surface area is 158 Å². The summed E-state index contributed by atoms with van der Waals surface area (Å²) in [5.41, 5.74) is -1.13. The lowest BCUT2D eigenvalue weighted by atomic mass is 9.85. The molecular formula is C18H18F3N5O2. The Morgan fingerprint density at radius 1 is 1.21 bits per heavy atom. The van der Waals surface area contributed by atoms with Gasteiger partial charge in [-0.25, -0.2) is 0 Å². The molecule has 7 nitrogen and oxygen atoms in total. The largest absolute Gasteiger partial charge is 0.416 e. The lowest BCUT2D eigenvalue weighted by molar-refractivity contribution is -0.137. The van der Waals surface area contributed by atoms with Crippen molar-refractivity contribution in [1.29, 1.82) is 0 Å². The van der Waals surface area contributed by atoms with Crippen LogP contribution in [0.1, 0.15) is 59.8 Å². The minimum Gasteiger partial charge on any atom is -0.312 e. The summed E-state index contributed by atoms with van der Waals surface area (Å²) in [7, 11) is 0. The van der Waals surface area contributed by atoms with Crippen LogP contribution in [0.2, 0.25) is 0 Å². The van der Waals surface area contributed by atoms with Gasteiger partial charge in [-0.15, -0.1) is 5.10 Å². The second-order valence-electron chi connectivity index (χ2n) is 7.04. The molecule has 0 spiro atoms. The Morgan fingerprint density at radius 2 is 2.00 bits per heavy atom. The zero-order chi connectivity index (χ0) is 19.9. The molecule has 2 aliphatic rings. The number of hydrogen-bond acceptors (Lipinski definition) is 4. The number of carbonyl (C=O) groups excluding carboxylic acids is 2. The Balaban J connectivity index is 1.60. The third-order valence-corrected chi connectivity index (χ3v) is 5.11. The number of aromatic nitrogens is 3. The molecule has 1 saturated heterocycles. The highest BCUT2D eigenvalue weighted by Gasteiger charge is 2.33. The molecule has 2 fully saturated rings. The molecule has 2 aromatic rings. The molecule has 1 aliphatic heterocycles. The van der Waals surface area contributed by atoms with Crippen LogP contribution < -0.4 is 10.2 Å². The van der Waals surface area contributed by atoms with Crippen LogP contribution >= 0.6 is 0 Å². The van der Waals surface area contributed by atoms with E-state index in [9.17, 15) is 22.8 Å². The SMILES string of the molecule is O=C(Nc1n[nH]c(C2CCC2)n1)c1cc(N2CCCC2=O)cc(C(F)(F)F)c1. The Hall–Kier alpha value is -2.91. The van der Waals surface area contributed by atoms with Crippen LogP contribution in [0.15, 0.2) is 18.2 Å². The van der Waals surface area contributed by atoms with Gasteiger partial charge in [0.25, 0.3) is 5.91 Å². The van der Waals surface area contributed by atoms with Crippen LogP contribution in [0.3, 0.4) is 0 Å². The molecule has 2 amide bonds. The topological polar surface area (TPSA) is 91.0 Å². The summed E-state index contributed by atoms with van der Waals surface area (Å²) in [6.45, 7) is 0.326. The molecular weight excluding hydrogens is 375 g/mol. The van der Waals surface area contributed by atoms with E-state index in [1.165, 1.54) is 11.0 Å². The fourth-order valence-electron chi connectivity index (χ4n) is 3.35. The van der Waals surface area contributed by atoms with Gasteiger partial charge in [0.2, 0.25) is 11.9 Å². The standard InChI is InChI=1S/C18H18F3N5O2/c19-18(20,21)12-7-11(8-13(9-12)26-6-2-5-14(26)27)16(28)23-17-22-15(24-25-17)10-3-1-4-10/h7-10H,1-6H2,(H2,22,23,24,25,28). The molecule has 0 radical (unpaired) electrons. The minimum absolute atomic E-state index is 0.0168. The van der Waals surface area contributed by atoms with Crippen molar-refractivity contribution in [3.63, 3.8) is 0 Å². The molecule has 10 heteroatoms. The van der Waals surface area contributed by atoms with Crippen LogP contribution in [0.4, 0.5) is 24.8 Å². The average Bonchev–Trinajstić information content (AvgIpc) is 3.21. The van der Waals surface area contributed by atoms with Gasteiger partial charge in [-0.2, -0.15) is 18.2 Å². The van der Waals surface area contributed by atoms with Crippen LogP contribution in [0, 0.1) is 0 Å². The van der Waals surface area contributed by atoms with Crippen molar-refractivity contribution in [2.24, 2.45) is 0 Å². The van der Waals surface area contributed by atoms with E-state index in [1.54, 1.807) is 0 Å². The number of hydrogen-bond donors (Lipinski definition) is 2. The molecule has 1 saturated carbocycles. The summed E-state index contributed by atoms with van der Waals surface area (Å²) in [4.78, 5) is 29.9. The van der Waals surface area contributed by atoms with Crippen LogP contribution in [0.5, 0.6) is 0 Å². The highest BCUT2D eigenvalue weighted by molar-refractivity contribution is 6.05. The third-order valence-electron chi connectivity index (χ3n) is 5.11. The van der Waals surface area contributed by atoms with Gasteiger partial charge in [0.1, 0.15) is 5.82 Å². The zero-order valence-electron chi connectivity index (χ0n) is 14.8. The van der Waals surface area contributed by atoms with Gasteiger partial charge in [-0.3, -0.25) is 20.0 Å². The normalized spacial score (nSPS) is 17.7. The lowest BCUT2D eigenvalue weighted by Gasteiger charge is -2.22. The molecule has 2 heterocycles. The van der Waals surface area contributed by atoms with Crippen molar-refractivity contribution in [1.82, 2.24) is 15.2 Å². The first-order chi connectivity index (χ1) is 13.3. The van der Waals surface area contributed by atoms with Crippen molar-refractivity contribution in [3.05, 3.63) is 35.2 Å². The van der Waals surface area contributed by atoms with Gasteiger partial charge in [0, 0.05) is 30.1 Å². The number of aromatic amines is 1. The van der Waals surface area contributed by atoms with Crippen LogP contribution in [0.25, 0.3) is 0 Å². The average molecular weight is 393 g/mol. The van der Waals surface area contributed by atoms with Crippen molar-refractivity contribution in [2.75, 3.05) is 16.8 Å². The minimum atomic E-state index is -4.64.